The number of halogens is 1. The molecule has 3 heterocycles. The number of aliphatic hydroxyl groups is 1. The maximum atomic E-state index is 15.7. The Labute approximate surface area is 197 Å². The molecule has 2 saturated heterocycles. The molecule has 0 spiro atoms. The van der Waals surface area contributed by atoms with E-state index in [0.717, 1.165) is 12.8 Å². The number of carbonyl (C=O) groups excluding carboxylic acids is 2. The predicted octanol–water partition coefficient (Wildman–Crippen LogP) is 2.20. The smallest absolute Gasteiger partial charge is 0.329 e. The van der Waals surface area contributed by atoms with Gasteiger partial charge in [-0.05, 0) is 58.1 Å². The monoisotopic (exact) mass is 476 g/mol. The molecule has 2 aliphatic heterocycles. The second kappa shape index (κ2) is 9.05. The first kappa shape index (κ1) is 24.3. The van der Waals surface area contributed by atoms with Gasteiger partial charge < -0.3 is 20.1 Å². The van der Waals surface area contributed by atoms with Gasteiger partial charge in [-0.3, -0.25) is 18.7 Å². The number of carbonyl (C=O) groups is 2. The normalized spacial score (nSPS) is 22.2. The van der Waals surface area contributed by atoms with E-state index in [0.29, 0.717) is 37.1 Å². The summed E-state index contributed by atoms with van der Waals surface area (Å²) in [4.78, 5) is 38.6. The first-order valence-corrected chi connectivity index (χ1v) is 11.8. The molecular formula is C24H33FN4O5. The number of anilines is 1. The molecule has 186 valence electrons. The molecule has 0 bridgehead atoms. The minimum absolute atomic E-state index is 0.169. The molecule has 2 N–H and O–H groups in total. The number of nitrogens with zero attached hydrogens (tertiary/aromatic N) is 3. The zero-order valence-electron chi connectivity index (χ0n) is 20.1. The van der Waals surface area contributed by atoms with Crippen molar-refractivity contribution in [2.45, 2.75) is 70.7 Å². The van der Waals surface area contributed by atoms with Crippen LogP contribution < -0.4 is 15.9 Å². The van der Waals surface area contributed by atoms with Gasteiger partial charge in [0.2, 0.25) is 5.91 Å². The van der Waals surface area contributed by atoms with Gasteiger partial charge in [0.15, 0.2) is 5.82 Å². The number of nitrogens with one attached hydrogen (secondary N) is 1. The number of hydrogen-bond acceptors (Lipinski definition) is 6. The summed E-state index contributed by atoms with van der Waals surface area (Å²) in [7, 11) is 1.51. The van der Waals surface area contributed by atoms with E-state index in [1.165, 1.54) is 16.2 Å². The molecule has 4 rings (SSSR count). The molecule has 9 nitrogen and oxygen atoms in total. The molecular weight excluding hydrogens is 443 g/mol. The van der Waals surface area contributed by atoms with Crippen LogP contribution in [-0.4, -0.2) is 51.0 Å². The summed E-state index contributed by atoms with van der Waals surface area (Å²) in [6.07, 6.45) is 1.10. The Kier molecular flexibility index (Phi) is 6.46. The Balaban J connectivity index is 1.54. The Morgan fingerprint density at radius 1 is 1.21 bits per heavy atom. The number of piperidine rings is 2. The van der Waals surface area contributed by atoms with Gasteiger partial charge in [0.25, 0.3) is 0 Å². The lowest BCUT2D eigenvalue weighted by Gasteiger charge is -2.34. The first-order chi connectivity index (χ1) is 16.0. The number of aliphatic hydroxyl groups excluding tert-OH is 1. The molecule has 2 atom stereocenters. The van der Waals surface area contributed by atoms with Crippen LogP contribution in [0.25, 0.3) is 11.0 Å². The number of benzene rings is 1. The fourth-order valence-electron chi connectivity index (χ4n) is 5.02. The number of esters is 1. The number of fused-ring (bicyclic) bond motifs is 1. The number of imidazole rings is 1. The molecule has 1 amide bonds. The van der Waals surface area contributed by atoms with Crippen molar-refractivity contribution < 1.29 is 23.8 Å². The standard InChI is InChI=1S/C24H33FN4O5/c1-24(2,3)34-19(31)13-14-9-11-28(12-10-14)15-5-6-16-21(20(15)25)27(4)23(33)29(16)17-7-8-18(30)26-22(17)32/h5-6,14,17,22,32H,7-13H2,1-4H3,(H,26,30). The summed E-state index contributed by atoms with van der Waals surface area (Å²) in [5, 5.41) is 12.8. The molecule has 2 aromatic rings. The highest BCUT2D eigenvalue weighted by molar-refractivity contribution is 5.82. The second-order valence-electron chi connectivity index (χ2n) is 10.3. The highest BCUT2D eigenvalue weighted by atomic mass is 19.1. The Morgan fingerprint density at radius 2 is 1.88 bits per heavy atom. The van der Waals surface area contributed by atoms with Crippen LogP contribution in [0.2, 0.25) is 0 Å². The fraction of sp³-hybridized carbons (Fsp3) is 0.625. The Hall–Kier alpha value is -2.88. The molecule has 10 heteroatoms. The molecule has 2 fully saturated rings. The zero-order valence-corrected chi connectivity index (χ0v) is 20.1. The summed E-state index contributed by atoms with van der Waals surface area (Å²) in [5.74, 6) is -0.793. The van der Waals surface area contributed by atoms with Gasteiger partial charge in [0, 0.05) is 33.0 Å². The van der Waals surface area contributed by atoms with Crippen molar-refractivity contribution in [3.05, 3.63) is 28.4 Å². The van der Waals surface area contributed by atoms with Gasteiger partial charge in [-0.25, -0.2) is 9.18 Å². The predicted molar refractivity (Wildman–Crippen MR) is 125 cm³/mol. The number of ether oxygens (including phenoxy) is 1. The van der Waals surface area contributed by atoms with Crippen molar-refractivity contribution in [2.24, 2.45) is 13.0 Å². The van der Waals surface area contributed by atoms with Crippen LogP contribution in [0.5, 0.6) is 0 Å². The lowest BCUT2D eigenvalue weighted by Crippen LogP contribution is -2.47. The van der Waals surface area contributed by atoms with E-state index < -0.39 is 29.4 Å². The lowest BCUT2D eigenvalue weighted by atomic mass is 9.93. The summed E-state index contributed by atoms with van der Waals surface area (Å²) in [6.45, 7) is 6.73. The van der Waals surface area contributed by atoms with E-state index >= 15 is 4.39 Å². The molecule has 0 saturated carbocycles. The van der Waals surface area contributed by atoms with Crippen molar-refractivity contribution in [3.8, 4) is 0 Å². The van der Waals surface area contributed by atoms with Gasteiger partial charge in [-0.2, -0.15) is 0 Å². The Morgan fingerprint density at radius 3 is 2.50 bits per heavy atom. The van der Waals surface area contributed by atoms with E-state index in [2.05, 4.69) is 5.32 Å². The highest BCUT2D eigenvalue weighted by Crippen LogP contribution is 2.33. The first-order valence-electron chi connectivity index (χ1n) is 11.8. The van der Waals surface area contributed by atoms with Crippen LogP contribution in [0, 0.1) is 11.7 Å². The number of aromatic nitrogens is 2. The van der Waals surface area contributed by atoms with Crippen LogP contribution in [0.1, 0.15) is 58.9 Å². The highest BCUT2D eigenvalue weighted by Gasteiger charge is 2.33. The van der Waals surface area contributed by atoms with Crippen LogP contribution >= 0.6 is 0 Å². The van der Waals surface area contributed by atoms with Crippen molar-refractivity contribution in [2.75, 3.05) is 18.0 Å². The summed E-state index contributed by atoms with van der Waals surface area (Å²) < 4.78 is 23.8. The third kappa shape index (κ3) is 4.68. The lowest BCUT2D eigenvalue weighted by molar-refractivity contribution is -0.156. The summed E-state index contributed by atoms with van der Waals surface area (Å²) >= 11 is 0. The maximum absolute atomic E-state index is 15.7. The molecule has 1 aromatic heterocycles. The van der Waals surface area contributed by atoms with E-state index in [1.54, 1.807) is 12.1 Å². The second-order valence-corrected chi connectivity index (χ2v) is 10.3. The van der Waals surface area contributed by atoms with Gasteiger partial charge in [0.05, 0.1) is 17.2 Å². The van der Waals surface area contributed by atoms with Crippen LogP contribution in [-0.2, 0) is 21.4 Å². The van der Waals surface area contributed by atoms with Crippen molar-refractivity contribution in [1.82, 2.24) is 14.5 Å². The average molecular weight is 477 g/mol. The van der Waals surface area contributed by atoms with E-state index in [4.69, 9.17) is 4.74 Å². The van der Waals surface area contributed by atoms with E-state index in [9.17, 15) is 19.5 Å². The molecule has 2 unspecified atom stereocenters. The minimum Gasteiger partial charge on any atom is -0.460 e. The number of rotatable bonds is 4. The Bertz CT molecular complexity index is 1160. The fourth-order valence-corrected chi connectivity index (χ4v) is 5.02. The maximum Gasteiger partial charge on any atom is 0.329 e. The van der Waals surface area contributed by atoms with E-state index in [-0.39, 0.29) is 29.7 Å². The summed E-state index contributed by atoms with van der Waals surface area (Å²) in [6, 6.07) is 2.70. The topological polar surface area (TPSA) is 106 Å². The minimum atomic E-state index is -1.21. The van der Waals surface area contributed by atoms with Gasteiger partial charge in [0.1, 0.15) is 17.3 Å². The number of aryl methyl sites for hydroxylation is 1. The zero-order chi connectivity index (χ0) is 24.8. The van der Waals surface area contributed by atoms with Crippen molar-refractivity contribution in [1.29, 1.82) is 0 Å². The van der Waals surface area contributed by atoms with Gasteiger partial charge in [-0.1, -0.05) is 0 Å². The molecule has 0 aliphatic carbocycles. The molecule has 1 aromatic carbocycles. The van der Waals surface area contributed by atoms with Gasteiger partial charge in [-0.15, -0.1) is 0 Å². The molecule has 2 aliphatic rings. The average Bonchev–Trinajstić information content (AvgIpc) is 2.99. The van der Waals surface area contributed by atoms with Crippen LogP contribution in [0.15, 0.2) is 16.9 Å². The molecule has 0 radical (unpaired) electrons. The van der Waals surface area contributed by atoms with E-state index in [1.807, 2.05) is 25.7 Å². The number of amides is 1. The van der Waals surface area contributed by atoms with Crippen LogP contribution in [0.4, 0.5) is 10.1 Å². The largest absolute Gasteiger partial charge is 0.460 e. The number of hydrogen-bond donors (Lipinski definition) is 2. The quantitative estimate of drug-likeness (QED) is 0.656. The third-order valence-electron chi connectivity index (χ3n) is 6.67. The van der Waals surface area contributed by atoms with Crippen LogP contribution in [0.3, 0.4) is 0 Å². The summed E-state index contributed by atoms with van der Waals surface area (Å²) in [5.41, 5.74) is 0.00842. The molecule has 34 heavy (non-hydrogen) atoms. The van der Waals surface area contributed by atoms with Crippen molar-refractivity contribution in [3.63, 3.8) is 0 Å². The third-order valence-corrected chi connectivity index (χ3v) is 6.67. The van der Waals surface area contributed by atoms with Gasteiger partial charge >= 0.3 is 11.7 Å². The SMILES string of the molecule is Cn1c(=O)n(C2CCC(=O)NC2O)c2ccc(N3CCC(CC(=O)OC(C)(C)C)CC3)c(F)c21. The van der Waals surface area contributed by atoms with Crippen molar-refractivity contribution >= 4 is 28.6 Å².